The fourth-order valence-corrected chi connectivity index (χ4v) is 2.46. The monoisotopic (exact) mass is 227 g/mol. The largest absolute Gasteiger partial charge is 0.408 e. The molecule has 0 spiro atoms. The molecule has 0 fully saturated rings. The van der Waals surface area contributed by atoms with Crippen LogP contribution in [0.1, 0.15) is 11.1 Å². The number of guanidine groups is 1. The van der Waals surface area contributed by atoms with Crippen molar-refractivity contribution in [1.82, 2.24) is 4.90 Å². The maximum Gasteiger partial charge on any atom is 0.233 e. The minimum absolute atomic E-state index is 0.163. The molecule has 1 aliphatic rings. The lowest BCUT2D eigenvalue weighted by atomic mass is 9.95. The van der Waals surface area contributed by atoms with Crippen molar-refractivity contribution in [3.63, 3.8) is 0 Å². The van der Waals surface area contributed by atoms with E-state index in [9.17, 15) is 0 Å². The van der Waals surface area contributed by atoms with Gasteiger partial charge in [-0.05, 0) is 21.9 Å². The van der Waals surface area contributed by atoms with E-state index in [2.05, 4.69) is 29.4 Å². The average molecular weight is 227 g/mol. The van der Waals surface area contributed by atoms with E-state index in [4.69, 9.17) is 10.9 Å². The summed E-state index contributed by atoms with van der Waals surface area (Å²) < 4.78 is 0. The standard InChI is InChI=1S/C13H13N3O/c14-13(15-17)16-7-10-5-1-3-9-4-2-6-11(8-16)12(9)10/h1-6,17H,7-8H2,(H2,14,15). The first-order chi connectivity index (χ1) is 8.29. The summed E-state index contributed by atoms with van der Waals surface area (Å²) in [6.07, 6.45) is 0. The van der Waals surface area contributed by atoms with Gasteiger partial charge in [-0.25, -0.2) is 0 Å². The molecule has 2 aromatic rings. The number of hydrogen-bond donors (Lipinski definition) is 2. The molecule has 3 N–H and O–H groups in total. The van der Waals surface area contributed by atoms with Gasteiger partial charge in [0, 0.05) is 13.1 Å². The summed E-state index contributed by atoms with van der Waals surface area (Å²) in [5, 5.41) is 14.4. The fraction of sp³-hybridized carbons (Fsp3) is 0.154. The highest BCUT2D eigenvalue weighted by Gasteiger charge is 2.19. The first kappa shape index (κ1) is 9.96. The normalized spacial score (nSPS) is 15.3. The minimum Gasteiger partial charge on any atom is -0.408 e. The van der Waals surface area contributed by atoms with E-state index >= 15 is 0 Å². The molecule has 0 bridgehead atoms. The third-order valence-corrected chi connectivity index (χ3v) is 3.23. The maximum atomic E-state index is 8.75. The van der Waals surface area contributed by atoms with E-state index in [-0.39, 0.29) is 5.96 Å². The Balaban J connectivity index is 2.17. The van der Waals surface area contributed by atoms with Crippen LogP contribution in [0.25, 0.3) is 10.8 Å². The van der Waals surface area contributed by atoms with Crippen molar-refractivity contribution in [3.8, 4) is 0 Å². The molecule has 0 aromatic heterocycles. The maximum absolute atomic E-state index is 8.75. The van der Waals surface area contributed by atoms with Gasteiger partial charge in [0.25, 0.3) is 0 Å². The number of oxime groups is 1. The number of benzene rings is 2. The van der Waals surface area contributed by atoms with Gasteiger partial charge in [-0.3, -0.25) is 0 Å². The third-order valence-electron chi connectivity index (χ3n) is 3.23. The molecule has 86 valence electrons. The Bertz CT molecular complexity index is 566. The Hall–Kier alpha value is -2.23. The van der Waals surface area contributed by atoms with Crippen molar-refractivity contribution >= 4 is 16.7 Å². The number of rotatable bonds is 0. The molecule has 0 saturated heterocycles. The van der Waals surface area contributed by atoms with Gasteiger partial charge in [-0.1, -0.05) is 41.6 Å². The summed E-state index contributed by atoms with van der Waals surface area (Å²) in [6.45, 7) is 1.37. The van der Waals surface area contributed by atoms with E-state index in [1.54, 1.807) is 0 Å². The second-order valence-corrected chi connectivity index (χ2v) is 4.25. The molecule has 0 aliphatic carbocycles. The Labute approximate surface area is 98.9 Å². The summed E-state index contributed by atoms with van der Waals surface area (Å²) in [5.74, 6) is 0.163. The van der Waals surface area contributed by atoms with Gasteiger partial charge in [0.1, 0.15) is 0 Å². The van der Waals surface area contributed by atoms with Crippen LogP contribution in [0.4, 0.5) is 0 Å². The van der Waals surface area contributed by atoms with Crippen LogP contribution in [0.15, 0.2) is 41.6 Å². The molecule has 0 radical (unpaired) electrons. The highest BCUT2D eigenvalue weighted by atomic mass is 16.4. The van der Waals surface area contributed by atoms with Gasteiger partial charge < -0.3 is 15.8 Å². The lowest BCUT2D eigenvalue weighted by Crippen LogP contribution is -2.38. The van der Waals surface area contributed by atoms with E-state index in [1.807, 2.05) is 17.0 Å². The smallest absolute Gasteiger partial charge is 0.233 e. The second kappa shape index (κ2) is 3.66. The molecule has 17 heavy (non-hydrogen) atoms. The van der Waals surface area contributed by atoms with Crippen LogP contribution in [-0.4, -0.2) is 16.1 Å². The first-order valence-electron chi connectivity index (χ1n) is 5.51. The topological polar surface area (TPSA) is 61.9 Å². The van der Waals surface area contributed by atoms with Crippen molar-refractivity contribution in [2.45, 2.75) is 13.1 Å². The molecular formula is C13H13N3O. The van der Waals surface area contributed by atoms with Crippen molar-refractivity contribution in [1.29, 1.82) is 0 Å². The predicted octanol–water partition coefficient (Wildman–Crippen LogP) is 1.86. The zero-order chi connectivity index (χ0) is 11.8. The Kier molecular flexibility index (Phi) is 2.14. The van der Waals surface area contributed by atoms with Crippen LogP contribution >= 0.6 is 0 Å². The van der Waals surface area contributed by atoms with Crippen molar-refractivity contribution < 1.29 is 5.21 Å². The average Bonchev–Trinajstić information content (AvgIpc) is 2.38. The number of nitrogens with zero attached hydrogens (tertiary/aromatic N) is 2. The Morgan fingerprint density at radius 3 is 2.24 bits per heavy atom. The zero-order valence-corrected chi connectivity index (χ0v) is 9.30. The van der Waals surface area contributed by atoms with Gasteiger partial charge in [0.05, 0.1) is 0 Å². The Morgan fingerprint density at radius 2 is 1.71 bits per heavy atom. The van der Waals surface area contributed by atoms with Crippen molar-refractivity contribution in [2.75, 3.05) is 0 Å². The lowest BCUT2D eigenvalue weighted by molar-refractivity contribution is 0.293. The quantitative estimate of drug-likeness (QED) is 0.312. The van der Waals surface area contributed by atoms with Crippen LogP contribution < -0.4 is 5.73 Å². The zero-order valence-electron chi connectivity index (χ0n) is 9.30. The molecule has 4 heteroatoms. The summed E-state index contributed by atoms with van der Waals surface area (Å²) >= 11 is 0. The molecule has 4 nitrogen and oxygen atoms in total. The lowest BCUT2D eigenvalue weighted by Gasteiger charge is -2.29. The first-order valence-corrected chi connectivity index (χ1v) is 5.51. The van der Waals surface area contributed by atoms with E-state index < -0.39 is 0 Å². The molecule has 1 heterocycles. The molecule has 1 aliphatic heterocycles. The third kappa shape index (κ3) is 1.49. The number of nitrogens with two attached hydrogens (primary N) is 1. The minimum atomic E-state index is 0.163. The van der Waals surface area contributed by atoms with Gasteiger partial charge in [0.15, 0.2) is 0 Å². The van der Waals surface area contributed by atoms with Crippen LogP contribution in [-0.2, 0) is 13.1 Å². The molecule has 0 unspecified atom stereocenters. The van der Waals surface area contributed by atoms with Crippen molar-refractivity contribution in [2.24, 2.45) is 10.9 Å². The van der Waals surface area contributed by atoms with Crippen LogP contribution in [0.2, 0.25) is 0 Å². The number of hydrogen-bond acceptors (Lipinski definition) is 2. The SMILES string of the molecule is N/C(=N\O)N1Cc2cccc3cccc(c23)C1. The second-order valence-electron chi connectivity index (χ2n) is 4.25. The Morgan fingerprint density at radius 1 is 1.12 bits per heavy atom. The fourth-order valence-electron chi connectivity index (χ4n) is 2.46. The highest BCUT2D eigenvalue weighted by Crippen LogP contribution is 2.29. The molecule has 0 atom stereocenters. The summed E-state index contributed by atoms with van der Waals surface area (Å²) in [5.41, 5.74) is 8.10. The van der Waals surface area contributed by atoms with Crippen LogP contribution in [0.3, 0.4) is 0 Å². The van der Waals surface area contributed by atoms with Crippen LogP contribution in [0.5, 0.6) is 0 Å². The highest BCUT2D eigenvalue weighted by molar-refractivity contribution is 5.91. The summed E-state index contributed by atoms with van der Waals surface area (Å²) in [7, 11) is 0. The predicted molar refractivity (Wildman–Crippen MR) is 66.6 cm³/mol. The van der Waals surface area contributed by atoms with E-state index in [0.29, 0.717) is 13.1 Å². The van der Waals surface area contributed by atoms with E-state index in [1.165, 1.54) is 21.9 Å². The van der Waals surface area contributed by atoms with Gasteiger partial charge >= 0.3 is 0 Å². The molecular weight excluding hydrogens is 214 g/mol. The van der Waals surface area contributed by atoms with Gasteiger partial charge in [-0.15, -0.1) is 0 Å². The molecule has 0 saturated carbocycles. The van der Waals surface area contributed by atoms with Gasteiger partial charge in [0.2, 0.25) is 5.96 Å². The molecule has 0 amide bonds. The van der Waals surface area contributed by atoms with Crippen LogP contribution in [0, 0.1) is 0 Å². The van der Waals surface area contributed by atoms with Crippen molar-refractivity contribution in [3.05, 3.63) is 47.5 Å². The summed E-state index contributed by atoms with van der Waals surface area (Å²) in [4.78, 5) is 1.86. The van der Waals surface area contributed by atoms with E-state index in [0.717, 1.165) is 0 Å². The summed E-state index contributed by atoms with van der Waals surface area (Å²) in [6, 6.07) is 12.5. The molecule has 3 rings (SSSR count). The molecule has 2 aromatic carbocycles. The van der Waals surface area contributed by atoms with Gasteiger partial charge in [-0.2, -0.15) is 0 Å².